The van der Waals surface area contributed by atoms with Crippen molar-refractivity contribution in [2.75, 3.05) is 0 Å². The molecule has 0 aliphatic rings. The highest BCUT2D eigenvalue weighted by atomic mass is 19.4. The van der Waals surface area contributed by atoms with Gasteiger partial charge in [-0.2, -0.15) is 13.2 Å². The molecule has 0 saturated heterocycles. The number of hydrogen-bond donors (Lipinski definition) is 2. The third-order valence-corrected chi connectivity index (χ3v) is 2.36. The van der Waals surface area contributed by atoms with Gasteiger partial charge >= 0.3 is 24.2 Å². The fourth-order valence-corrected chi connectivity index (χ4v) is 1.52. The van der Waals surface area contributed by atoms with Crippen LogP contribution in [0.3, 0.4) is 0 Å². The minimum absolute atomic E-state index is 1.15. The molecular formula is C14H22F3NO6. The number of aliphatic carboxylic acids is 1. The lowest BCUT2D eigenvalue weighted by atomic mass is 9.94. The standard InChI is InChI=1S/C14H22F3NO6/c1-11(2,3)23-9(21)13(7-8(19)20,14(15,16)17)18-10(22)24-12(4,5)6/h7H2,1-6H3,(H,18,22)(H,19,20). The number of nitrogens with one attached hydrogen (secondary N) is 1. The van der Waals surface area contributed by atoms with Crippen molar-refractivity contribution in [3.63, 3.8) is 0 Å². The number of hydrogen-bond acceptors (Lipinski definition) is 5. The highest BCUT2D eigenvalue weighted by Gasteiger charge is 2.65. The Bertz CT molecular complexity index is 504. The Morgan fingerprint density at radius 1 is 0.917 bits per heavy atom. The zero-order valence-electron chi connectivity index (χ0n) is 14.3. The summed E-state index contributed by atoms with van der Waals surface area (Å²) in [5.74, 6) is -3.88. The zero-order valence-corrected chi connectivity index (χ0v) is 14.3. The van der Waals surface area contributed by atoms with Crippen molar-refractivity contribution >= 4 is 18.0 Å². The van der Waals surface area contributed by atoms with Crippen LogP contribution < -0.4 is 5.32 Å². The van der Waals surface area contributed by atoms with Crippen LogP contribution in [-0.2, 0) is 19.1 Å². The van der Waals surface area contributed by atoms with Gasteiger partial charge in [0.25, 0.3) is 0 Å². The smallest absolute Gasteiger partial charge is 0.423 e. The summed E-state index contributed by atoms with van der Waals surface area (Å²) in [4.78, 5) is 34.7. The molecule has 24 heavy (non-hydrogen) atoms. The maximum absolute atomic E-state index is 13.5. The number of alkyl halides is 3. The van der Waals surface area contributed by atoms with Crippen LogP contribution in [0.25, 0.3) is 0 Å². The van der Waals surface area contributed by atoms with Gasteiger partial charge in [-0.25, -0.2) is 9.59 Å². The van der Waals surface area contributed by atoms with Crippen LogP contribution in [0.15, 0.2) is 0 Å². The lowest BCUT2D eigenvalue weighted by Gasteiger charge is -2.35. The molecule has 0 aromatic carbocycles. The number of esters is 1. The quantitative estimate of drug-likeness (QED) is 0.750. The third kappa shape index (κ3) is 6.63. The number of ether oxygens (including phenoxy) is 2. The molecule has 0 aliphatic heterocycles. The number of rotatable bonds is 4. The first-order valence-corrected chi connectivity index (χ1v) is 6.93. The molecule has 0 aromatic rings. The second-order valence-electron chi connectivity index (χ2n) is 7.10. The number of carboxylic acid groups (broad SMARTS) is 1. The van der Waals surface area contributed by atoms with Crippen molar-refractivity contribution in [2.45, 2.75) is 70.9 Å². The maximum Gasteiger partial charge on any atom is 0.423 e. The van der Waals surface area contributed by atoms with Gasteiger partial charge in [0.2, 0.25) is 5.54 Å². The minimum Gasteiger partial charge on any atom is -0.481 e. The lowest BCUT2D eigenvalue weighted by molar-refractivity contribution is -0.221. The van der Waals surface area contributed by atoms with E-state index in [4.69, 9.17) is 9.84 Å². The van der Waals surface area contributed by atoms with Gasteiger partial charge in [-0.05, 0) is 41.5 Å². The Balaban J connectivity index is 5.90. The van der Waals surface area contributed by atoms with Gasteiger partial charge in [-0.3, -0.25) is 10.1 Å². The summed E-state index contributed by atoms with van der Waals surface area (Å²) in [6.45, 7) is 8.10. The van der Waals surface area contributed by atoms with Gasteiger partial charge in [0.1, 0.15) is 11.2 Å². The van der Waals surface area contributed by atoms with Gasteiger partial charge in [0.05, 0.1) is 6.42 Å². The topological polar surface area (TPSA) is 102 Å². The number of halogens is 3. The van der Waals surface area contributed by atoms with Crippen molar-refractivity contribution in [1.29, 1.82) is 0 Å². The first kappa shape index (κ1) is 22.0. The summed E-state index contributed by atoms with van der Waals surface area (Å²) in [5.41, 5.74) is -6.26. The lowest BCUT2D eigenvalue weighted by Crippen LogP contribution is -2.66. The normalized spacial score (nSPS) is 15.2. The molecule has 0 heterocycles. The fraction of sp³-hybridized carbons (Fsp3) is 0.786. The summed E-state index contributed by atoms with van der Waals surface area (Å²) in [6, 6.07) is 0. The first-order valence-electron chi connectivity index (χ1n) is 6.93. The number of carboxylic acids is 1. The summed E-state index contributed by atoms with van der Waals surface area (Å²) >= 11 is 0. The molecule has 1 atom stereocenters. The van der Waals surface area contributed by atoms with E-state index in [0.717, 1.165) is 0 Å². The van der Waals surface area contributed by atoms with E-state index < -0.39 is 47.4 Å². The van der Waals surface area contributed by atoms with Crippen LogP contribution in [0.1, 0.15) is 48.0 Å². The average molecular weight is 357 g/mol. The molecule has 0 bridgehead atoms. The molecule has 1 unspecified atom stereocenters. The van der Waals surface area contributed by atoms with Crippen LogP contribution in [0, 0.1) is 0 Å². The Kier molecular flexibility index (Phi) is 6.29. The summed E-state index contributed by atoms with van der Waals surface area (Å²) in [5, 5.41) is 10.1. The van der Waals surface area contributed by atoms with Gasteiger partial charge in [0.15, 0.2) is 0 Å². The van der Waals surface area contributed by atoms with E-state index in [1.54, 1.807) is 0 Å². The molecule has 2 N–H and O–H groups in total. The molecule has 0 radical (unpaired) electrons. The maximum atomic E-state index is 13.5. The van der Waals surface area contributed by atoms with E-state index in [1.165, 1.54) is 46.9 Å². The molecule has 0 rings (SSSR count). The van der Waals surface area contributed by atoms with Gasteiger partial charge in [0, 0.05) is 0 Å². The fourth-order valence-electron chi connectivity index (χ4n) is 1.52. The highest BCUT2D eigenvalue weighted by Crippen LogP contribution is 2.36. The van der Waals surface area contributed by atoms with Gasteiger partial charge in [-0.15, -0.1) is 0 Å². The molecule has 0 aromatic heterocycles. The molecular weight excluding hydrogens is 335 g/mol. The predicted octanol–water partition coefficient (Wildman–Crippen LogP) is 2.63. The summed E-state index contributed by atoms with van der Waals surface area (Å²) in [7, 11) is 0. The second kappa shape index (κ2) is 6.86. The monoisotopic (exact) mass is 357 g/mol. The molecule has 7 nitrogen and oxygen atoms in total. The molecule has 10 heteroatoms. The molecule has 0 saturated carbocycles. The van der Waals surface area contributed by atoms with E-state index >= 15 is 0 Å². The zero-order chi connectivity index (χ0) is 19.6. The third-order valence-electron chi connectivity index (χ3n) is 2.36. The number of carbonyl (C=O) groups is 3. The molecule has 140 valence electrons. The van der Waals surface area contributed by atoms with Gasteiger partial charge in [-0.1, -0.05) is 0 Å². The van der Waals surface area contributed by atoms with Crippen LogP contribution in [0.4, 0.5) is 18.0 Å². The summed E-state index contributed by atoms with van der Waals surface area (Å²) in [6.07, 6.45) is -8.76. The van der Waals surface area contributed by atoms with Crippen molar-refractivity contribution in [2.24, 2.45) is 0 Å². The predicted molar refractivity (Wildman–Crippen MR) is 76.3 cm³/mol. The number of carbonyl (C=O) groups excluding carboxylic acids is 2. The molecule has 0 fully saturated rings. The Morgan fingerprint density at radius 3 is 1.62 bits per heavy atom. The van der Waals surface area contributed by atoms with Crippen molar-refractivity contribution in [1.82, 2.24) is 5.32 Å². The number of amides is 1. The van der Waals surface area contributed by atoms with E-state index in [2.05, 4.69) is 4.74 Å². The first-order chi connectivity index (χ1) is 10.4. The van der Waals surface area contributed by atoms with Crippen LogP contribution in [0.5, 0.6) is 0 Å². The second-order valence-corrected chi connectivity index (χ2v) is 7.10. The highest BCUT2D eigenvalue weighted by molar-refractivity contribution is 5.91. The average Bonchev–Trinajstić information content (AvgIpc) is 2.19. The minimum atomic E-state index is -5.43. The van der Waals surface area contributed by atoms with Crippen LogP contribution >= 0.6 is 0 Å². The van der Waals surface area contributed by atoms with Gasteiger partial charge < -0.3 is 14.6 Å². The molecule has 1 amide bonds. The van der Waals surface area contributed by atoms with E-state index in [9.17, 15) is 27.6 Å². The van der Waals surface area contributed by atoms with E-state index in [0.29, 0.717) is 0 Å². The van der Waals surface area contributed by atoms with E-state index in [-0.39, 0.29) is 0 Å². The molecule has 0 aliphatic carbocycles. The Morgan fingerprint density at radius 2 is 1.33 bits per heavy atom. The molecule has 0 spiro atoms. The van der Waals surface area contributed by atoms with Crippen LogP contribution in [-0.4, -0.2) is 46.1 Å². The van der Waals surface area contributed by atoms with E-state index in [1.807, 2.05) is 0 Å². The van der Waals surface area contributed by atoms with Crippen molar-refractivity contribution in [3.05, 3.63) is 0 Å². The van der Waals surface area contributed by atoms with Crippen molar-refractivity contribution in [3.8, 4) is 0 Å². The largest absolute Gasteiger partial charge is 0.481 e. The number of alkyl carbamates (subject to hydrolysis) is 1. The summed E-state index contributed by atoms with van der Waals surface area (Å²) < 4.78 is 49.9. The Hall–Kier alpha value is -2.00. The SMILES string of the molecule is CC(C)(C)OC(=O)NC(CC(=O)O)(C(=O)OC(C)(C)C)C(F)(F)F. The Labute approximate surface area is 137 Å². The van der Waals surface area contributed by atoms with Crippen molar-refractivity contribution < 1.29 is 42.1 Å². The van der Waals surface area contributed by atoms with Crippen LogP contribution in [0.2, 0.25) is 0 Å².